The van der Waals surface area contributed by atoms with Crippen molar-refractivity contribution in [3.8, 4) is 28.3 Å². The molecule has 4 aromatic rings. The van der Waals surface area contributed by atoms with Crippen LogP contribution >= 0.6 is 11.6 Å². The summed E-state index contributed by atoms with van der Waals surface area (Å²) in [6, 6.07) is 11.6. The van der Waals surface area contributed by atoms with Gasteiger partial charge in [-0.2, -0.15) is 18.3 Å². The van der Waals surface area contributed by atoms with Crippen LogP contribution in [-0.4, -0.2) is 29.4 Å². The van der Waals surface area contributed by atoms with Gasteiger partial charge in [0.25, 0.3) is 0 Å². The number of pyridine rings is 1. The zero-order chi connectivity index (χ0) is 22.4. The Kier molecular flexibility index (Phi) is 5.14. The maximum atomic E-state index is 13.4. The van der Waals surface area contributed by atoms with Gasteiger partial charge in [0.05, 0.1) is 28.9 Å². The quantitative estimate of drug-likeness (QED) is 0.408. The average molecular weight is 468 g/mol. The Hall–Kier alpha value is -3.11. The number of benzene rings is 1. The summed E-state index contributed by atoms with van der Waals surface area (Å²) in [5.41, 5.74) is 0.103. The van der Waals surface area contributed by atoms with E-state index < -0.39 is 21.7 Å². The molecule has 0 amide bonds. The number of alkyl halides is 3. The van der Waals surface area contributed by atoms with Crippen LogP contribution < -0.4 is 0 Å². The molecular formula is C20H13ClF3N3O3S. The van der Waals surface area contributed by atoms with Crippen molar-refractivity contribution < 1.29 is 26.0 Å². The molecule has 0 aliphatic carbocycles. The van der Waals surface area contributed by atoms with Gasteiger partial charge in [-0.05, 0) is 42.5 Å². The molecule has 4 rings (SSSR count). The van der Waals surface area contributed by atoms with E-state index in [-0.39, 0.29) is 21.4 Å². The first-order valence-electron chi connectivity index (χ1n) is 8.71. The number of rotatable bonds is 4. The molecule has 6 nitrogen and oxygen atoms in total. The van der Waals surface area contributed by atoms with E-state index in [0.717, 1.165) is 23.2 Å². The summed E-state index contributed by atoms with van der Waals surface area (Å²) in [5.74, 6) is 0.515. The number of halogens is 4. The van der Waals surface area contributed by atoms with Crippen molar-refractivity contribution in [3.05, 3.63) is 71.7 Å². The summed E-state index contributed by atoms with van der Waals surface area (Å²) in [7, 11) is -3.56. The molecule has 0 radical (unpaired) electrons. The molecule has 0 atom stereocenters. The molecular weight excluding hydrogens is 455 g/mol. The van der Waals surface area contributed by atoms with Gasteiger partial charge in [0.1, 0.15) is 5.76 Å². The minimum atomic E-state index is -4.68. The lowest BCUT2D eigenvalue weighted by molar-refractivity contribution is -0.141. The molecule has 3 heterocycles. The SMILES string of the molecule is CS(=O)(=O)c1ccc(-n2nc(C(F)(F)F)cc2-c2ccc(-c3ccco3)c(Cl)c2)cn1. The highest BCUT2D eigenvalue weighted by Crippen LogP contribution is 2.36. The topological polar surface area (TPSA) is 78.0 Å². The van der Waals surface area contributed by atoms with Crippen molar-refractivity contribution in [2.75, 3.05) is 6.26 Å². The number of sulfone groups is 1. The van der Waals surface area contributed by atoms with Crippen molar-refractivity contribution in [3.63, 3.8) is 0 Å². The fourth-order valence-corrected chi connectivity index (χ4v) is 3.78. The molecule has 0 saturated heterocycles. The number of hydrogen-bond acceptors (Lipinski definition) is 5. The summed E-state index contributed by atoms with van der Waals surface area (Å²) in [6.45, 7) is 0. The standard InChI is InChI=1S/C20H13ClF3N3O3S/c1-31(28,29)19-7-5-13(11-25-19)27-16(10-18(26-27)20(22,23)24)12-4-6-14(15(21)9-12)17-3-2-8-30-17/h2-11H,1H3. The van der Waals surface area contributed by atoms with Crippen molar-refractivity contribution in [2.24, 2.45) is 0 Å². The van der Waals surface area contributed by atoms with E-state index >= 15 is 0 Å². The molecule has 0 N–H and O–H groups in total. The van der Waals surface area contributed by atoms with Crippen LogP contribution in [0.25, 0.3) is 28.3 Å². The van der Waals surface area contributed by atoms with Crippen LogP contribution in [-0.2, 0) is 16.0 Å². The smallest absolute Gasteiger partial charge is 0.435 e. The molecule has 0 spiro atoms. The summed E-state index contributed by atoms with van der Waals surface area (Å²) in [5, 5.41) is 3.74. The molecule has 0 unspecified atom stereocenters. The Labute approximate surface area is 179 Å². The third-order valence-electron chi connectivity index (χ3n) is 4.40. The molecule has 0 aliphatic heterocycles. The number of furan rings is 1. The lowest BCUT2D eigenvalue weighted by atomic mass is 10.1. The van der Waals surface area contributed by atoms with Gasteiger partial charge in [0.15, 0.2) is 20.6 Å². The number of aromatic nitrogens is 3. The number of hydrogen-bond donors (Lipinski definition) is 0. The van der Waals surface area contributed by atoms with Crippen LogP contribution in [0.3, 0.4) is 0 Å². The van der Waals surface area contributed by atoms with Crippen molar-refractivity contribution >= 4 is 21.4 Å². The first-order valence-corrected chi connectivity index (χ1v) is 11.0. The van der Waals surface area contributed by atoms with E-state index in [1.165, 1.54) is 24.5 Å². The average Bonchev–Trinajstić information content (AvgIpc) is 3.37. The van der Waals surface area contributed by atoms with Crippen LogP contribution in [0.15, 0.2) is 70.4 Å². The zero-order valence-corrected chi connectivity index (χ0v) is 17.3. The Balaban J connectivity index is 1.84. The van der Waals surface area contributed by atoms with Crippen LogP contribution in [0.1, 0.15) is 5.69 Å². The summed E-state index contributed by atoms with van der Waals surface area (Å²) in [4.78, 5) is 3.83. The predicted octanol–water partition coefficient (Wildman–Crippen LogP) is 5.27. The minimum Gasteiger partial charge on any atom is -0.464 e. The highest BCUT2D eigenvalue weighted by Gasteiger charge is 2.35. The van der Waals surface area contributed by atoms with Crippen molar-refractivity contribution in [1.82, 2.24) is 14.8 Å². The maximum absolute atomic E-state index is 13.4. The third kappa shape index (κ3) is 4.21. The van der Waals surface area contributed by atoms with Gasteiger partial charge in [-0.25, -0.2) is 18.1 Å². The Morgan fingerprint density at radius 3 is 2.42 bits per heavy atom. The fraction of sp³-hybridized carbons (Fsp3) is 0.100. The molecule has 11 heteroatoms. The first-order chi connectivity index (χ1) is 14.5. The highest BCUT2D eigenvalue weighted by atomic mass is 35.5. The van der Waals surface area contributed by atoms with E-state index in [4.69, 9.17) is 16.0 Å². The molecule has 160 valence electrons. The van der Waals surface area contributed by atoms with Crippen LogP contribution in [0.4, 0.5) is 13.2 Å². The van der Waals surface area contributed by atoms with E-state index in [1.807, 2.05) is 0 Å². The molecule has 0 aliphatic rings. The van der Waals surface area contributed by atoms with Gasteiger partial charge in [0.2, 0.25) is 0 Å². The molecule has 0 saturated carbocycles. The first kappa shape index (κ1) is 21.1. The molecule has 31 heavy (non-hydrogen) atoms. The van der Waals surface area contributed by atoms with E-state index in [2.05, 4.69) is 10.1 Å². The van der Waals surface area contributed by atoms with E-state index in [9.17, 15) is 21.6 Å². The van der Waals surface area contributed by atoms with Gasteiger partial charge < -0.3 is 4.42 Å². The lowest BCUT2D eigenvalue weighted by Crippen LogP contribution is -2.08. The second-order valence-electron chi connectivity index (χ2n) is 6.62. The summed E-state index contributed by atoms with van der Waals surface area (Å²) in [6.07, 6.45) is -1.07. The summed E-state index contributed by atoms with van der Waals surface area (Å²) >= 11 is 6.35. The van der Waals surface area contributed by atoms with Gasteiger partial charge in [-0.3, -0.25) is 0 Å². The van der Waals surface area contributed by atoms with Gasteiger partial charge >= 0.3 is 6.18 Å². The predicted molar refractivity (Wildman–Crippen MR) is 108 cm³/mol. The zero-order valence-electron chi connectivity index (χ0n) is 15.8. The minimum absolute atomic E-state index is 0.106. The maximum Gasteiger partial charge on any atom is 0.435 e. The Morgan fingerprint density at radius 1 is 1.10 bits per heavy atom. The fourth-order valence-electron chi connectivity index (χ4n) is 2.95. The Bertz CT molecular complexity index is 1350. The van der Waals surface area contributed by atoms with Crippen LogP contribution in [0.5, 0.6) is 0 Å². The third-order valence-corrected chi connectivity index (χ3v) is 5.71. The molecule has 0 bridgehead atoms. The van der Waals surface area contributed by atoms with Gasteiger partial charge in [-0.1, -0.05) is 17.7 Å². The molecule has 0 fully saturated rings. The highest BCUT2D eigenvalue weighted by molar-refractivity contribution is 7.90. The van der Waals surface area contributed by atoms with Crippen molar-refractivity contribution in [2.45, 2.75) is 11.2 Å². The normalized spacial score (nSPS) is 12.3. The van der Waals surface area contributed by atoms with Gasteiger partial charge in [0, 0.05) is 17.4 Å². The summed E-state index contributed by atoms with van der Waals surface area (Å²) < 4.78 is 69.7. The van der Waals surface area contributed by atoms with Crippen LogP contribution in [0.2, 0.25) is 5.02 Å². The Morgan fingerprint density at radius 2 is 1.87 bits per heavy atom. The van der Waals surface area contributed by atoms with E-state index in [1.54, 1.807) is 24.3 Å². The lowest BCUT2D eigenvalue weighted by Gasteiger charge is -2.09. The van der Waals surface area contributed by atoms with Crippen molar-refractivity contribution in [1.29, 1.82) is 0 Å². The largest absolute Gasteiger partial charge is 0.464 e. The van der Waals surface area contributed by atoms with Gasteiger partial charge in [-0.15, -0.1) is 0 Å². The monoisotopic (exact) mass is 467 g/mol. The second kappa shape index (κ2) is 7.54. The molecule has 3 aromatic heterocycles. The van der Waals surface area contributed by atoms with E-state index in [0.29, 0.717) is 16.9 Å². The number of nitrogens with zero attached hydrogens (tertiary/aromatic N) is 3. The molecule has 1 aromatic carbocycles. The second-order valence-corrected chi connectivity index (χ2v) is 8.99. The van der Waals surface area contributed by atoms with Crippen LogP contribution in [0, 0.1) is 0 Å².